The third kappa shape index (κ3) is 4.31. The average Bonchev–Trinajstić information content (AvgIpc) is 3.62. The number of nitrogens with one attached hydrogen (secondary N) is 2. The van der Waals surface area contributed by atoms with Crippen LogP contribution in [0.15, 0.2) is 79.0 Å². The van der Waals surface area contributed by atoms with Gasteiger partial charge in [-0.15, -0.1) is 0 Å². The van der Waals surface area contributed by atoms with E-state index in [1.165, 1.54) is 4.90 Å². The molecule has 3 aromatic carbocycles. The monoisotopic (exact) mass is 523 g/mol. The predicted octanol–water partition coefficient (Wildman–Crippen LogP) is 4.86. The summed E-state index contributed by atoms with van der Waals surface area (Å²) in [5, 5.41) is 13.7. The molecule has 6 rings (SSSR count). The number of aromatic amines is 1. The van der Waals surface area contributed by atoms with Gasteiger partial charge in [0.25, 0.3) is 0 Å². The van der Waals surface area contributed by atoms with E-state index in [1.807, 2.05) is 67.6 Å². The van der Waals surface area contributed by atoms with Crippen LogP contribution in [0.3, 0.4) is 0 Å². The van der Waals surface area contributed by atoms with E-state index in [2.05, 4.69) is 22.4 Å². The van der Waals surface area contributed by atoms with Crippen molar-refractivity contribution in [2.45, 2.75) is 37.3 Å². The summed E-state index contributed by atoms with van der Waals surface area (Å²) in [6.45, 7) is 2.19. The molecular weight excluding hydrogens is 494 g/mol. The van der Waals surface area contributed by atoms with E-state index in [0.717, 1.165) is 38.7 Å². The number of ether oxygens (including phenoxy) is 1. The molecule has 2 amide bonds. The molecule has 2 aliphatic rings. The molecule has 2 unspecified atom stereocenters. The van der Waals surface area contributed by atoms with Crippen molar-refractivity contribution in [3.63, 3.8) is 0 Å². The zero-order chi connectivity index (χ0) is 27.1. The molecule has 8 heteroatoms. The molecule has 0 saturated carbocycles. The molecule has 1 aromatic heterocycles. The summed E-state index contributed by atoms with van der Waals surface area (Å²) in [6.07, 6.45) is 1.43. The second-order valence-electron chi connectivity index (χ2n) is 10.2. The van der Waals surface area contributed by atoms with Gasteiger partial charge >= 0.3 is 12.1 Å². The first-order valence-electron chi connectivity index (χ1n) is 13.1. The number of carboxylic acids is 1. The molecular formula is C31H29N3O5. The van der Waals surface area contributed by atoms with Crippen molar-refractivity contribution in [3.05, 3.63) is 95.7 Å². The number of aromatic nitrogens is 1. The number of aliphatic carboxylic acids is 1. The highest BCUT2D eigenvalue weighted by Gasteiger charge is 2.43. The molecule has 0 spiro atoms. The minimum Gasteiger partial charge on any atom is -0.480 e. The molecule has 198 valence electrons. The number of rotatable bonds is 7. The van der Waals surface area contributed by atoms with Gasteiger partial charge in [0.05, 0.1) is 0 Å². The number of H-pyrrole nitrogens is 1. The van der Waals surface area contributed by atoms with Gasteiger partial charge in [0.1, 0.15) is 18.7 Å². The van der Waals surface area contributed by atoms with Crippen LogP contribution in [0.5, 0.6) is 0 Å². The number of amides is 2. The SMILES string of the molecule is CC(c1c[nH]c2ccccc12)C(C(=O)O)N1CC[C@H](NC(=O)OCC2c3ccccc3-c3ccccc32)C1=O. The topological polar surface area (TPSA) is 112 Å². The van der Waals surface area contributed by atoms with Crippen molar-refractivity contribution in [1.82, 2.24) is 15.2 Å². The number of carbonyl (C=O) groups excluding carboxylic acids is 2. The maximum atomic E-state index is 13.3. The Morgan fingerprint density at radius 1 is 1.03 bits per heavy atom. The number of likely N-dealkylation sites (tertiary alicyclic amines) is 1. The van der Waals surface area contributed by atoms with E-state index in [4.69, 9.17) is 4.74 Å². The maximum Gasteiger partial charge on any atom is 0.407 e. The average molecular weight is 524 g/mol. The van der Waals surface area contributed by atoms with E-state index in [1.54, 1.807) is 6.20 Å². The number of para-hydroxylation sites is 1. The normalized spacial score (nSPS) is 18.0. The molecule has 0 radical (unpaired) electrons. The largest absolute Gasteiger partial charge is 0.480 e. The molecule has 8 nitrogen and oxygen atoms in total. The number of alkyl carbamates (subject to hydrolysis) is 1. The molecule has 1 aliphatic heterocycles. The van der Waals surface area contributed by atoms with Crippen LogP contribution in [-0.4, -0.2) is 58.2 Å². The third-order valence-electron chi connectivity index (χ3n) is 8.05. The van der Waals surface area contributed by atoms with Crippen molar-refractivity contribution < 1.29 is 24.2 Å². The Kier molecular flexibility index (Phi) is 6.30. The van der Waals surface area contributed by atoms with Crippen molar-refractivity contribution in [2.75, 3.05) is 13.2 Å². The van der Waals surface area contributed by atoms with Crippen molar-refractivity contribution in [3.8, 4) is 11.1 Å². The molecule has 39 heavy (non-hydrogen) atoms. The zero-order valence-electron chi connectivity index (χ0n) is 21.5. The Hall–Kier alpha value is -4.59. The van der Waals surface area contributed by atoms with Crippen LogP contribution in [0, 0.1) is 0 Å². The number of nitrogens with zero attached hydrogens (tertiary/aromatic N) is 1. The minimum atomic E-state index is -1.08. The lowest BCUT2D eigenvalue weighted by atomic mass is 9.92. The summed E-state index contributed by atoms with van der Waals surface area (Å²) < 4.78 is 5.61. The quantitative estimate of drug-likeness (QED) is 0.320. The van der Waals surface area contributed by atoms with Crippen molar-refractivity contribution >= 4 is 28.9 Å². The highest BCUT2D eigenvalue weighted by atomic mass is 16.5. The van der Waals surface area contributed by atoms with Gasteiger partial charge in [-0.1, -0.05) is 73.7 Å². The van der Waals surface area contributed by atoms with Crippen LogP contribution >= 0.6 is 0 Å². The van der Waals surface area contributed by atoms with Gasteiger partial charge in [-0.25, -0.2) is 9.59 Å². The summed E-state index contributed by atoms with van der Waals surface area (Å²) in [6, 6.07) is 21.9. The lowest BCUT2D eigenvalue weighted by molar-refractivity contribution is -0.149. The van der Waals surface area contributed by atoms with Gasteiger partial charge < -0.3 is 25.0 Å². The number of carboxylic acid groups (broad SMARTS) is 1. The molecule has 2 heterocycles. The number of benzene rings is 3. The van der Waals surface area contributed by atoms with E-state index >= 15 is 0 Å². The summed E-state index contributed by atoms with van der Waals surface area (Å²) in [4.78, 5) is 43.0. The van der Waals surface area contributed by atoms with Crippen LogP contribution in [0.4, 0.5) is 4.79 Å². The van der Waals surface area contributed by atoms with Gasteiger partial charge in [-0.05, 0) is 40.3 Å². The molecule has 3 N–H and O–H groups in total. The van der Waals surface area contributed by atoms with Gasteiger partial charge in [0, 0.05) is 35.5 Å². The van der Waals surface area contributed by atoms with E-state index in [-0.39, 0.29) is 19.1 Å². The molecule has 0 bridgehead atoms. The second-order valence-corrected chi connectivity index (χ2v) is 10.2. The summed E-state index contributed by atoms with van der Waals surface area (Å²) >= 11 is 0. The lowest BCUT2D eigenvalue weighted by Crippen LogP contribution is -2.49. The fourth-order valence-electron chi connectivity index (χ4n) is 6.15. The Bertz CT molecular complexity index is 1530. The molecule has 4 aromatic rings. The zero-order valence-corrected chi connectivity index (χ0v) is 21.5. The number of hydrogen-bond donors (Lipinski definition) is 3. The van der Waals surface area contributed by atoms with Crippen LogP contribution < -0.4 is 5.32 Å². The summed E-state index contributed by atoms with van der Waals surface area (Å²) in [5.74, 6) is -2.05. The van der Waals surface area contributed by atoms with Crippen LogP contribution in [0.1, 0.15) is 41.9 Å². The maximum absolute atomic E-state index is 13.3. The van der Waals surface area contributed by atoms with E-state index < -0.39 is 36.0 Å². The Balaban J connectivity index is 1.12. The summed E-state index contributed by atoms with van der Waals surface area (Å²) in [5.41, 5.74) is 6.21. The predicted molar refractivity (Wildman–Crippen MR) is 146 cm³/mol. The van der Waals surface area contributed by atoms with Crippen LogP contribution in [-0.2, 0) is 14.3 Å². The first-order valence-corrected chi connectivity index (χ1v) is 13.1. The number of fused-ring (bicyclic) bond motifs is 4. The van der Waals surface area contributed by atoms with Crippen molar-refractivity contribution in [2.24, 2.45) is 0 Å². The lowest BCUT2D eigenvalue weighted by Gasteiger charge is -2.29. The van der Waals surface area contributed by atoms with Crippen LogP contribution in [0.25, 0.3) is 22.0 Å². The van der Waals surface area contributed by atoms with E-state index in [9.17, 15) is 19.5 Å². The Morgan fingerprint density at radius 3 is 2.36 bits per heavy atom. The summed E-state index contributed by atoms with van der Waals surface area (Å²) in [7, 11) is 0. The molecule has 1 fully saturated rings. The number of carbonyl (C=O) groups is 3. The van der Waals surface area contributed by atoms with Gasteiger partial charge in [0.15, 0.2) is 0 Å². The highest BCUT2D eigenvalue weighted by molar-refractivity contribution is 5.92. The fourth-order valence-corrected chi connectivity index (χ4v) is 6.15. The second kappa shape index (κ2) is 9.94. The van der Waals surface area contributed by atoms with E-state index in [0.29, 0.717) is 6.42 Å². The van der Waals surface area contributed by atoms with Gasteiger partial charge in [-0.3, -0.25) is 4.79 Å². The molecule has 1 aliphatic carbocycles. The smallest absolute Gasteiger partial charge is 0.407 e. The standard InChI is InChI=1S/C31H29N3O5/c1-18(24-16-32-26-13-7-6-12-23(24)26)28(30(36)37)34-15-14-27(29(34)35)33-31(38)39-17-25-21-10-4-2-8-19(21)20-9-3-5-11-22(20)25/h2-13,16,18,25,27-28,32H,14-15,17H2,1H3,(H,33,38)(H,36,37)/t18?,27-,28?/m0/s1. The van der Waals surface area contributed by atoms with Gasteiger partial charge in [0.2, 0.25) is 5.91 Å². The molecule has 1 saturated heterocycles. The van der Waals surface area contributed by atoms with Crippen LogP contribution in [0.2, 0.25) is 0 Å². The highest BCUT2D eigenvalue weighted by Crippen LogP contribution is 2.44. The van der Waals surface area contributed by atoms with Gasteiger partial charge in [-0.2, -0.15) is 0 Å². The third-order valence-corrected chi connectivity index (χ3v) is 8.05. The first kappa shape index (κ1) is 24.7. The fraction of sp³-hybridized carbons (Fsp3) is 0.258. The Morgan fingerprint density at radius 2 is 1.67 bits per heavy atom. The Labute approximate surface area is 225 Å². The number of hydrogen-bond acceptors (Lipinski definition) is 4. The minimum absolute atomic E-state index is 0.0904. The van der Waals surface area contributed by atoms with Crippen molar-refractivity contribution in [1.29, 1.82) is 0 Å². The first-order chi connectivity index (χ1) is 18.9. The molecule has 3 atom stereocenters.